The first-order valence-electron chi connectivity index (χ1n) is 6.54. The summed E-state index contributed by atoms with van der Waals surface area (Å²) in [6.07, 6.45) is 13.0. The predicted molar refractivity (Wildman–Crippen MR) is 59.4 cm³/mol. The van der Waals surface area contributed by atoms with E-state index in [0.717, 1.165) is 25.0 Å². The third-order valence-corrected chi connectivity index (χ3v) is 4.01. The van der Waals surface area contributed by atoms with Gasteiger partial charge >= 0.3 is 0 Å². The molecule has 1 saturated carbocycles. The minimum absolute atomic E-state index is 0.899. The van der Waals surface area contributed by atoms with Crippen molar-refractivity contribution in [1.82, 2.24) is 0 Å². The Kier molecular flexibility index (Phi) is 4.30. The smallest absolute Gasteiger partial charge is 0.0496 e. The van der Waals surface area contributed by atoms with E-state index >= 15 is 0 Å². The van der Waals surface area contributed by atoms with Gasteiger partial charge < -0.3 is 4.74 Å². The average molecular weight is 196 g/mol. The Balaban J connectivity index is 1.83. The van der Waals surface area contributed by atoms with Gasteiger partial charge in [0.2, 0.25) is 0 Å². The Morgan fingerprint density at radius 2 is 1.29 bits per heavy atom. The maximum Gasteiger partial charge on any atom is 0.0496 e. The lowest BCUT2D eigenvalue weighted by molar-refractivity contribution is 0.0891. The maximum absolute atomic E-state index is 5.70. The SMILES string of the molecule is C1CCCC(C2CCCCOC2)CC1. The van der Waals surface area contributed by atoms with Gasteiger partial charge in [-0.2, -0.15) is 0 Å². The second-order valence-corrected chi connectivity index (χ2v) is 5.08. The van der Waals surface area contributed by atoms with Crippen LogP contribution in [0.15, 0.2) is 0 Å². The van der Waals surface area contributed by atoms with E-state index in [-0.39, 0.29) is 0 Å². The zero-order chi connectivity index (χ0) is 9.64. The van der Waals surface area contributed by atoms with Crippen molar-refractivity contribution in [2.24, 2.45) is 11.8 Å². The third kappa shape index (κ3) is 2.98. The van der Waals surface area contributed by atoms with Crippen LogP contribution in [0.25, 0.3) is 0 Å². The first-order chi connectivity index (χ1) is 6.97. The minimum Gasteiger partial charge on any atom is -0.381 e. The van der Waals surface area contributed by atoms with E-state index in [4.69, 9.17) is 4.74 Å². The minimum atomic E-state index is 0.899. The molecule has 0 spiro atoms. The average Bonchev–Trinajstić information content (AvgIpc) is 2.62. The Hall–Kier alpha value is -0.0400. The Labute approximate surface area is 88.2 Å². The number of ether oxygens (including phenoxy) is 1. The van der Waals surface area contributed by atoms with Gasteiger partial charge in [0.1, 0.15) is 0 Å². The fraction of sp³-hybridized carbons (Fsp3) is 1.00. The molecule has 0 bridgehead atoms. The molecule has 2 fully saturated rings. The number of hydrogen-bond acceptors (Lipinski definition) is 1. The van der Waals surface area contributed by atoms with Crippen molar-refractivity contribution < 1.29 is 4.74 Å². The standard InChI is InChI=1S/C13H24O/c1-2-4-8-12(7-3-1)13-9-5-6-10-14-11-13/h12-13H,1-11H2. The summed E-state index contributed by atoms with van der Waals surface area (Å²) in [6, 6.07) is 0. The number of rotatable bonds is 1. The Morgan fingerprint density at radius 3 is 2.07 bits per heavy atom. The molecular weight excluding hydrogens is 172 g/mol. The predicted octanol–water partition coefficient (Wildman–Crippen LogP) is 3.77. The van der Waals surface area contributed by atoms with Gasteiger partial charge in [-0.3, -0.25) is 0 Å². The Morgan fingerprint density at radius 1 is 0.643 bits per heavy atom. The van der Waals surface area contributed by atoms with Gasteiger partial charge in [-0.1, -0.05) is 44.9 Å². The summed E-state index contributed by atoms with van der Waals surface area (Å²) < 4.78 is 5.70. The van der Waals surface area contributed by atoms with Crippen LogP contribution in [0.4, 0.5) is 0 Å². The molecule has 1 saturated heterocycles. The monoisotopic (exact) mass is 196 g/mol. The molecule has 1 nitrogen and oxygen atoms in total. The first-order valence-corrected chi connectivity index (χ1v) is 6.54. The highest BCUT2D eigenvalue weighted by atomic mass is 16.5. The van der Waals surface area contributed by atoms with Crippen molar-refractivity contribution >= 4 is 0 Å². The van der Waals surface area contributed by atoms with Gasteiger partial charge in [0.25, 0.3) is 0 Å². The summed E-state index contributed by atoms with van der Waals surface area (Å²) in [5.74, 6) is 1.89. The molecule has 0 aromatic rings. The van der Waals surface area contributed by atoms with Gasteiger partial charge in [0.05, 0.1) is 0 Å². The quantitative estimate of drug-likeness (QED) is 0.580. The van der Waals surface area contributed by atoms with Crippen molar-refractivity contribution in [3.8, 4) is 0 Å². The molecule has 2 aliphatic rings. The van der Waals surface area contributed by atoms with Crippen molar-refractivity contribution in [1.29, 1.82) is 0 Å². The second kappa shape index (κ2) is 5.75. The molecule has 0 radical (unpaired) electrons. The second-order valence-electron chi connectivity index (χ2n) is 5.08. The summed E-state index contributed by atoms with van der Waals surface area (Å²) in [4.78, 5) is 0. The van der Waals surface area contributed by atoms with Crippen molar-refractivity contribution in [3.05, 3.63) is 0 Å². The summed E-state index contributed by atoms with van der Waals surface area (Å²) in [5.41, 5.74) is 0. The van der Waals surface area contributed by atoms with Gasteiger partial charge in [0, 0.05) is 13.2 Å². The lowest BCUT2D eigenvalue weighted by Crippen LogP contribution is -2.18. The van der Waals surface area contributed by atoms with Crippen LogP contribution in [0, 0.1) is 11.8 Å². The van der Waals surface area contributed by atoms with Crippen molar-refractivity contribution in [2.45, 2.75) is 57.8 Å². The molecule has 0 amide bonds. The van der Waals surface area contributed by atoms with Crippen LogP contribution in [-0.2, 0) is 4.74 Å². The normalized spacial score (nSPS) is 32.1. The summed E-state index contributed by atoms with van der Waals surface area (Å²) in [6.45, 7) is 2.08. The molecule has 82 valence electrons. The van der Waals surface area contributed by atoms with Crippen LogP contribution in [0.1, 0.15) is 57.8 Å². The van der Waals surface area contributed by atoms with E-state index in [2.05, 4.69) is 0 Å². The van der Waals surface area contributed by atoms with E-state index in [1.165, 1.54) is 57.8 Å². The zero-order valence-corrected chi connectivity index (χ0v) is 9.34. The molecule has 1 unspecified atom stereocenters. The van der Waals surface area contributed by atoms with Gasteiger partial charge in [0.15, 0.2) is 0 Å². The fourth-order valence-electron chi connectivity index (χ4n) is 3.08. The highest BCUT2D eigenvalue weighted by molar-refractivity contribution is 4.74. The largest absolute Gasteiger partial charge is 0.381 e. The third-order valence-electron chi connectivity index (χ3n) is 4.01. The van der Waals surface area contributed by atoms with E-state index in [0.29, 0.717) is 0 Å². The van der Waals surface area contributed by atoms with E-state index in [9.17, 15) is 0 Å². The molecule has 0 N–H and O–H groups in total. The number of hydrogen-bond donors (Lipinski definition) is 0. The topological polar surface area (TPSA) is 9.23 Å². The maximum atomic E-state index is 5.70. The molecule has 0 aromatic carbocycles. The molecule has 2 rings (SSSR count). The van der Waals surface area contributed by atoms with Crippen LogP contribution in [0.5, 0.6) is 0 Å². The lowest BCUT2D eigenvalue weighted by atomic mass is 9.84. The summed E-state index contributed by atoms with van der Waals surface area (Å²) in [7, 11) is 0. The molecule has 14 heavy (non-hydrogen) atoms. The van der Waals surface area contributed by atoms with Crippen LogP contribution in [0.3, 0.4) is 0 Å². The van der Waals surface area contributed by atoms with Crippen LogP contribution < -0.4 is 0 Å². The molecule has 1 aliphatic heterocycles. The highest BCUT2D eigenvalue weighted by Gasteiger charge is 2.23. The molecule has 0 aromatic heterocycles. The van der Waals surface area contributed by atoms with Gasteiger partial charge in [-0.15, -0.1) is 0 Å². The van der Waals surface area contributed by atoms with Crippen LogP contribution in [-0.4, -0.2) is 13.2 Å². The Bertz CT molecular complexity index is 121. The molecule has 1 heteroatoms. The fourth-order valence-corrected chi connectivity index (χ4v) is 3.08. The van der Waals surface area contributed by atoms with Crippen molar-refractivity contribution in [2.75, 3.05) is 13.2 Å². The van der Waals surface area contributed by atoms with Crippen LogP contribution >= 0.6 is 0 Å². The van der Waals surface area contributed by atoms with E-state index in [1.54, 1.807) is 0 Å². The zero-order valence-electron chi connectivity index (χ0n) is 9.34. The molecule has 1 heterocycles. The summed E-state index contributed by atoms with van der Waals surface area (Å²) >= 11 is 0. The van der Waals surface area contributed by atoms with E-state index < -0.39 is 0 Å². The highest BCUT2D eigenvalue weighted by Crippen LogP contribution is 2.32. The van der Waals surface area contributed by atoms with Crippen molar-refractivity contribution in [3.63, 3.8) is 0 Å². The first kappa shape index (κ1) is 10.5. The van der Waals surface area contributed by atoms with Crippen LogP contribution in [0.2, 0.25) is 0 Å². The van der Waals surface area contributed by atoms with Gasteiger partial charge in [-0.05, 0) is 24.7 Å². The summed E-state index contributed by atoms with van der Waals surface area (Å²) in [5, 5.41) is 0. The van der Waals surface area contributed by atoms with Gasteiger partial charge in [-0.25, -0.2) is 0 Å². The molecular formula is C13H24O. The molecule has 1 aliphatic carbocycles. The molecule has 1 atom stereocenters. The van der Waals surface area contributed by atoms with E-state index in [1.807, 2.05) is 0 Å². The lowest BCUT2D eigenvalue weighted by Gasteiger charge is -2.24.